The van der Waals surface area contributed by atoms with Gasteiger partial charge < -0.3 is 10.0 Å². The Morgan fingerprint density at radius 3 is 2.25 bits per heavy atom. The Bertz CT molecular complexity index is 146. The third-order valence-electron chi connectivity index (χ3n) is 2.63. The predicted octanol–water partition coefficient (Wildman–Crippen LogP) is 1.49. The largest absolute Gasteiger partial charge is 0.391 e. The van der Waals surface area contributed by atoms with Crippen molar-refractivity contribution in [2.45, 2.75) is 45.8 Å². The van der Waals surface area contributed by atoms with E-state index < -0.39 is 0 Å². The quantitative estimate of drug-likeness (QED) is 0.695. The third kappa shape index (κ3) is 2.76. The maximum atomic E-state index is 9.79. The first-order valence-electron chi connectivity index (χ1n) is 4.79. The molecule has 72 valence electrons. The van der Waals surface area contributed by atoms with Crippen molar-refractivity contribution < 1.29 is 5.11 Å². The van der Waals surface area contributed by atoms with E-state index in [2.05, 4.69) is 32.7 Å². The van der Waals surface area contributed by atoms with Crippen molar-refractivity contribution in [2.75, 3.05) is 13.6 Å². The molecule has 0 radical (unpaired) electrons. The van der Waals surface area contributed by atoms with E-state index >= 15 is 0 Å². The highest BCUT2D eigenvalue weighted by molar-refractivity contribution is 4.85. The number of rotatable bonds is 3. The molecule has 0 amide bonds. The number of aliphatic hydroxyl groups excluding tert-OH is 1. The van der Waals surface area contributed by atoms with Gasteiger partial charge in [-0.3, -0.25) is 0 Å². The van der Waals surface area contributed by atoms with E-state index in [4.69, 9.17) is 0 Å². The molecule has 0 spiro atoms. The average Bonchev–Trinajstić information content (AvgIpc) is 2.65. The second kappa shape index (κ2) is 3.35. The zero-order chi connectivity index (χ0) is 9.35. The monoisotopic (exact) mass is 171 g/mol. The Morgan fingerprint density at radius 2 is 1.92 bits per heavy atom. The number of likely N-dealkylation sites (N-methyl/N-ethyl adjacent to an activating group) is 1. The third-order valence-corrected chi connectivity index (χ3v) is 2.63. The molecule has 0 aliphatic heterocycles. The summed E-state index contributed by atoms with van der Waals surface area (Å²) in [6.45, 7) is 7.06. The average molecular weight is 171 g/mol. The summed E-state index contributed by atoms with van der Waals surface area (Å²) in [6, 6.07) is 0.752. The van der Waals surface area contributed by atoms with Gasteiger partial charge in [-0.05, 0) is 25.3 Å². The predicted molar refractivity (Wildman–Crippen MR) is 51.1 cm³/mol. The number of nitrogens with zero attached hydrogens (tertiary/aromatic N) is 1. The first kappa shape index (κ1) is 10.0. The van der Waals surface area contributed by atoms with E-state index in [9.17, 15) is 5.11 Å². The maximum absolute atomic E-state index is 9.79. The molecular weight excluding hydrogens is 150 g/mol. The molecule has 0 aromatic heterocycles. The van der Waals surface area contributed by atoms with Crippen LogP contribution in [0.5, 0.6) is 0 Å². The summed E-state index contributed by atoms with van der Waals surface area (Å²) in [4.78, 5) is 2.27. The van der Waals surface area contributed by atoms with Crippen molar-refractivity contribution in [2.24, 2.45) is 5.41 Å². The molecule has 1 N–H and O–H groups in total. The lowest BCUT2D eigenvalue weighted by Gasteiger charge is -2.29. The van der Waals surface area contributed by atoms with Crippen LogP contribution in [0.1, 0.15) is 33.6 Å². The SMILES string of the molecule is CN(CC(O)C(C)(C)C)C1CC1. The van der Waals surface area contributed by atoms with Gasteiger partial charge in [0, 0.05) is 12.6 Å². The van der Waals surface area contributed by atoms with E-state index in [0.717, 1.165) is 12.6 Å². The molecule has 1 fully saturated rings. The summed E-state index contributed by atoms with van der Waals surface area (Å²) in [6.07, 6.45) is 2.42. The first-order chi connectivity index (χ1) is 5.41. The molecule has 0 bridgehead atoms. The molecule has 12 heavy (non-hydrogen) atoms. The van der Waals surface area contributed by atoms with E-state index in [1.54, 1.807) is 0 Å². The van der Waals surface area contributed by atoms with Gasteiger partial charge in [0.15, 0.2) is 0 Å². The van der Waals surface area contributed by atoms with Crippen LogP contribution in [0.2, 0.25) is 0 Å². The fourth-order valence-corrected chi connectivity index (χ4v) is 1.21. The molecule has 2 heteroatoms. The molecule has 1 atom stereocenters. The van der Waals surface area contributed by atoms with Crippen LogP contribution in [0, 0.1) is 5.41 Å². The topological polar surface area (TPSA) is 23.5 Å². The highest BCUT2D eigenvalue weighted by Crippen LogP contribution is 2.27. The molecule has 1 rings (SSSR count). The van der Waals surface area contributed by atoms with Crippen LogP contribution < -0.4 is 0 Å². The highest BCUT2D eigenvalue weighted by atomic mass is 16.3. The van der Waals surface area contributed by atoms with Crippen LogP contribution in [0.25, 0.3) is 0 Å². The van der Waals surface area contributed by atoms with Crippen molar-refractivity contribution in [3.05, 3.63) is 0 Å². The lowest BCUT2D eigenvalue weighted by molar-refractivity contribution is 0.0332. The van der Waals surface area contributed by atoms with Crippen molar-refractivity contribution in [1.29, 1.82) is 0 Å². The molecule has 0 heterocycles. The lowest BCUT2D eigenvalue weighted by atomic mass is 9.89. The molecule has 1 saturated carbocycles. The van der Waals surface area contributed by atoms with Crippen molar-refractivity contribution in [3.63, 3.8) is 0 Å². The van der Waals surface area contributed by atoms with Crippen molar-refractivity contribution >= 4 is 0 Å². The molecule has 1 aliphatic rings. The minimum absolute atomic E-state index is 0.0170. The summed E-state index contributed by atoms with van der Waals surface area (Å²) in [7, 11) is 2.10. The van der Waals surface area contributed by atoms with Gasteiger partial charge in [-0.25, -0.2) is 0 Å². The number of hydrogen-bond donors (Lipinski definition) is 1. The van der Waals surface area contributed by atoms with Gasteiger partial charge in [0.25, 0.3) is 0 Å². The normalized spacial score (nSPS) is 21.5. The van der Waals surface area contributed by atoms with Crippen LogP contribution in [-0.4, -0.2) is 35.7 Å². The summed E-state index contributed by atoms with van der Waals surface area (Å²) in [5.74, 6) is 0. The Hall–Kier alpha value is -0.0800. The summed E-state index contributed by atoms with van der Waals surface area (Å²) >= 11 is 0. The number of aliphatic hydroxyl groups is 1. The fraction of sp³-hybridized carbons (Fsp3) is 1.00. The second-order valence-electron chi connectivity index (χ2n) is 5.05. The van der Waals surface area contributed by atoms with E-state index in [-0.39, 0.29) is 11.5 Å². The molecule has 0 saturated heterocycles. The van der Waals surface area contributed by atoms with Gasteiger partial charge in [-0.15, -0.1) is 0 Å². The van der Waals surface area contributed by atoms with Crippen LogP contribution in [0.3, 0.4) is 0 Å². The Labute approximate surface area is 75.6 Å². The Balaban J connectivity index is 2.29. The van der Waals surface area contributed by atoms with E-state index in [1.165, 1.54) is 12.8 Å². The standard InChI is InChI=1S/C10H21NO/c1-10(2,3)9(12)7-11(4)8-5-6-8/h8-9,12H,5-7H2,1-4H3. The summed E-state index contributed by atoms with van der Waals surface area (Å²) in [5.41, 5.74) is 0.0170. The van der Waals surface area contributed by atoms with Gasteiger partial charge >= 0.3 is 0 Å². The minimum atomic E-state index is -0.205. The van der Waals surface area contributed by atoms with E-state index in [1.807, 2.05) is 0 Å². The van der Waals surface area contributed by atoms with Crippen LogP contribution in [-0.2, 0) is 0 Å². The fourth-order valence-electron chi connectivity index (χ4n) is 1.21. The van der Waals surface area contributed by atoms with Crippen molar-refractivity contribution in [1.82, 2.24) is 4.90 Å². The zero-order valence-electron chi connectivity index (χ0n) is 8.67. The number of hydrogen-bond acceptors (Lipinski definition) is 2. The van der Waals surface area contributed by atoms with Gasteiger partial charge in [-0.2, -0.15) is 0 Å². The smallest absolute Gasteiger partial charge is 0.0715 e. The second-order valence-corrected chi connectivity index (χ2v) is 5.05. The molecule has 0 aromatic rings. The first-order valence-corrected chi connectivity index (χ1v) is 4.79. The van der Waals surface area contributed by atoms with Gasteiger partial charge in [0.05, 0.1) is 6.10 Å². The zero-order valence-corrected chi connectivity index (χ0v) is 8.67. The Kier molecular flexibility index (Phi) is 2.79. The minimum Gasteiger partial charge on any atom is -0.391 e. The molecule has 1 unspecified atom stereocenters. The maximum Gasteiger partial charge on any atom is 0.0715 e. The van der Waals surface area contributed by atoms with Crippen LogP contribution in [0.15, 0.2) is 0 Å². The molecule has 1 aliphatic carbocycles. The van der Waals surface area contributed by atoms with Crippen LogP contribution in [0.4, 0.5) is 0 Å². The van der Waals surface area contributed by atoms with Crippen LogP contribution >= 0.6 is 0 Å². The molecular formula is C10H21NO. The van der Waals surface area contributed by atoms with E-state index in [0.29, 0.717) is 0 Å². The molecule has 2 nitrogen and oxygen atoms in total. The summed E-state index contributed by atoms with van der Waals surface area (Å²) < 4.78 is 0. The highest BCUT2D eigenvalue weighted by Gasteiger charge is 2.30. The summed E-state index contributed by atoms with van der Waals surface area (Å²) in [5, 5.41) is 9.79. The molecule has 0 aromatic carbocycles. The van der Waals surface area contributed by atoms with Crippen molar-refractivity contribution in [3.8, 4) is 0 Å². The Morgan fingerprint density at radius 1 is 1.42 bits per heavy atom. The lowest BCUT2D eigenvalue weighted by Crippen LogP contribution is -2.38. The van der Waals surface area contributed by atoms with Gasteiger partial charge in [-0.1, -0.05) is 20.8 Å². The van der Waals surface area contributed by atoms with Gasteiger partial charge in [0.2, 0.25) is 0 Å². The van der Waals surface area contributed by atoms with Gasteiger partial charge in [0.1, 0.15) is 0 Å².